The summed E-state index contributed by atoms with van der Waals surface area (Å²) in [5, 5.41) is 2.48. The number of alkyl halides is 3. The Morgan fingerprint density at radius 1 is 1.10 bits per heavy atom. The van der Waals surface area contributed by atoms with Crippen LogP contribution in [-0.2, 0) is 20.4 Å². The molecule has 30 heavy (non-hydrogen) atoms. The second-order valence-electron chi connectivity index (χ2n) is 6.73. The van der Waals surface area contributed by atoms with Crippen LogP contribution in [0.1, 0.15) is 22.8 Å². The molecule has 0 bridgehead atoms. The SMILES string of the molecule is CC(OC(=O)c1ccccc1)C(=O)Nc1cc(C(F)(F)F)ccc1N1CCOCC1. The van der Waals surface area contributed by atoms with E-state index in [2.05, 4.69) is 5.32 Å². The normalized spacial score (nSPS) is 15.4. The zero-order chi connectivity index (χ0) is 21.7. The van der Waals surface area contributed by atoms with Crippen LogP contribution >= 0.6 is 0 Å². The lowest BCUT2D eigenvalue weighted by Gasteiger charge is -2.31. The number of amides is 1. The number of hydrogen-bond acceptors (Lipinski definition) is 5. The quantitative estimate of drug-likeness (QED) is 0.744. The average Bonchev–Trinajstić information content (AvgIpc) is 2.74. The summed E-state index contributed by atoms with van der Waals surface area (Å²) >= 11 is 0. The summed E-state index contributed by atoms with van der Waals surface area (Å²) in [5.74, 6) is -1.43. The van der Waals surface area contributed by atoms with E-state index in [0.29, 0.717) is 32.0 Å². The Morgan fingerprint density at radius 2 is 1.77 bits per heavy atom. The minimum Gasteiger partial charge on any atom is -0.449 e. The fourth-order valence-electron chi connectivity index (χ4n) is 2.98. The maximum atomic E-state index is 13.2. The number of hydrogen-bond donors (Lipinski definition) is 1. The van der Waals surface area contributed by atoms with E-state index in [1.165, 1.54) is 25.1 Å². The summed E-state index contributed by atoms with van der Waals surface area (Å²) in [5.41, 5.74) is -0.172. The fourth-order valence-corrected chi connectivity index (χ4v) is 2.98. The van der Waals surface area contributed by atoms with Gasteiger partial charge in [-0.05, 0) is 37.3 Å². The first kappa shape index (κ1) is 21.6. The Balaban J connectivity index is 1.78. The molecule has 0 saturated carbocycles. The zero-order valence-electron chi connectivity index (χ0n) is 16.2. The first-order valence-corrected chi connectivity index (χ1v) is 9.36. The van der Waals surface area contributed by atoms with Gasteiger partial charge in [-0.2, -0.15) is 13.2 Å². The summed E-state index contributed by atoms with van der Waals surface area (Å²) < 4.78 is 50.0. The molecule has 2 aromatic carbocycles. The van der Waals surface area contributed by atoms with Crippen molar-refractivity contribution >= 4 is 23.3 Å². The van der Waals surface area contributed by atoms with Crippen molar-refractivity contribution in [2.75, 3.05) is 36.5 Å². The van der Waals surface area contributed by atoms with Crippen molar-refractivity contribution in [1.82, 2.24) is 0 Å². The van der Waals surface area contributed by atoms with Gasteiger partial charge in [0.05, 0.1) is 35.7 Å². The minimum atomic E-state index is -4.56. The molecule has 1 atom stereocenters. The fraction of sp³-hybridized carbons (Fsp3) is 0.333. The third kappa shape index (κ3) is 5.29. The van der Waals surface area contributed by atoms with Crippen LogP contribution in [0.5, 0.6) is 0 Å². The van der Waals surface area contributed by atoms with Gasteiger partial charge >= 0.3 is 12.1 Å². The van der Waals surface area contributed by atoms with E-state index in [0.717, 1.165) is 12.1 Å². The molecular weight excluding hydrogens is 401 g/mol. The number of nitrogens with zero attached hydrogens (tertiary/aromatic N) is 1. The number of morpholine rings is 1. The Bertz CT molecular complexity index is 897. The highest BCUT2D eigenvalue weighted by Gasteiger charge is 2.32. The molecule has 1 heterocycles. The lowest BCUT2D eigenvalue weighted by molar-refractivity contribution is -0.137. The summed E-state index contributed by atoms with van der Waals surface area (Å²) in [7, 11) is 0. The Morgan fingerprint density at radius 3 is 2.40 bits per heavy atom. The van der Waals surface area contributed by atoms with Crippen LogP contribution in [-0.4, -0.2) is 44.3 Å². The van der Waals surface area contributed by atoms with Crippen LogP contribution in [0.25, 0.3) is 0 Å². The van der Waals surface area contributed by atoms with Crippen molar-refractivity contribution < 1.29 is 32.2 Å². The molecule has 0 spiro atoms. The van der Waals surface area contributed by atoms with Crippen molar-refractivity contribution in [3.8, 4) is 0 Å². The van der Waals surface area contributed by atoms with Crippen molar-refractivity contribution in [2.45, 2.75) is 19.2 Å². The van der Waals surface area contributed by atoms with E-state index in [-0.39, 0.29) is 11.3 Å². The average molecular weight is 422 g/mol. The molecule has 0 aliphatic carbocycles. The Kier molecular flexibility index (Phi) is 6.61. The van der Waals surface area contributed by atoms with Crippen LogP contribution in [0, 0.1) is 0 Å². The lowest BCUT2D eigenvalue weighted by atomic mass is 10.1. The van der Waals surface area contributed by atoms with E-state index in [1.54, 1.807) is 18.2 Å². The lowest BCUT2D eigenvalue weighted by Crippen LogP contribution is -2.37. The molecule has 9 heteroatoms. The maximum absolute atomic E-state index is 13.2. The van der Waals surface area contributed by atoms with Crippen molar-refractivity contribution in [3.05, 3.63) is 59.7 Å². The summed E-state index contributed by atoms with van der Waals surface area (Å²) in [6, 6.07) is 11.3. The zero-order valence-corrected chi connectivity index (χ0v) is 16.2. The number of anilines is 2. The van der Waals surface area contributed by atoms with Crippen molar-refractivity contribution in [3.63, 3.8) is 0 Å². The number of carbonyl (C=O) groups excluding carboxylic acids is 2. The van der Waals surface area contributed by atoms with Crippen molar-refractivity contribution in [2.24, 2.45) is 0 Å². The minimum absolute atomic E-state index is 0.000616. The molecule has 1 unspecified atom stereocenters. The summed E-state index contributed by atoms with van der Waals surface area (Å²) in [6.45, 7) is 3.18. The largest absolute Gasteiger partial charge is 0.449 e. The molecule has 3 rings (SSSR count). The van der Waals surface area contributed by atoms with Crippen LogP contribution in [0.3, 0.4) is 0 Å². The number of halogens is 3. The maximum Gasteiger partial charge on any atom is 0.416 e. The van der Waals surface area contributed by atoms with Gasteiger partial charge in [-0.1, -0.05) is 18.2 Å². The number of nitrogens with one attached hydrogen (secondary N) is 1. The highest BCUT2D eigenvalue weighted by molar-refractivity contribution is 5.99. The molecule has 1 aliphatic heterocycles. The predicted octanol–water partition coefficient (Wildman–Crippen LogP) is 3.73. The van der Waals surface area contributed by atoms with E-state index in [4.69, 9.17) is 9.47 Å². The number of benzene rings is 2. The predicted molar refractivity (Wildman–Crippen MR) is 104 cm³/mol. The van der Waals surface area contributed by atoms with Gasteiger partial charge in [-0.25, -0.2) is 4.79 Å². The molecule has 1 fully saturated rings. The monoisotopic (exact) mass is 422 g/mol. The van der Waals surface area contributed by atoms with E-state index in [9.17, 15) is 22.8 Å². The smallest absolute Gasteiger partial charge is 0.416 e. The van der Waals surface area contributed by atoms with Gasteiger partial charge in [-0.3, -0.25) is 4.79 Å². The first-order valence-electron chi connectivity index (χ1n) is 9.36. The standard InChI is InChI=1S/C21H21F3N2O4/c1-14(30-20(28)15-5-3-2-4-6-15)19(27)25-17-13-16(21(22,23)24)7-8-18(17)26-9-11-29-12-10-26/h2-8,13-14H,9-12H2,1H3,(H,25,27). The van der Waals surface area contributed by atoms with Crippen LogP contribution in [0.2, 0.25) is 0 Å². The number of ether oxygens (including phenoxy) is 2. The number of rotatable bonds is 5. The topological polar surface area (TPSA) is 67.9 Å². The highest BCUT2D eigenvalue weighted by Crippen LogP contribution is 2.36. The van der Waals surface area contributed by atoms with Gasteiger partial charge in [0.2, 0.25) is 0 Å². The van der Waals surface area contributed by atoms with Gasteiger partial charge in [-0.15, -0.1) is 0 Å². The second-order valence-corrected chi connectivity index (χ2v) is 6.73. The first-order chi connectivity index (χ1) is 14.3. The second kappa shape index (κ2) is 9.17. The van der Waals surface area contributed by atoms with E-state index >= 15 is 0 Å². The number of esters is 1. The van der Waals surface area contributed by atoms with Gasteiger partial charge in [0.1, 0.15) is 0 Å². The summed E-state index contributed by atoms with van der Waals surface area (Å²) in [4.78, 5) is 26.5. The molecule has 1 saturated heterocycles. The molecule has 1 amide bonds. The highest BCUT2D eigenvalue weighted by atomic mass is 19.4. The molecule has 0 radical (unpaired) electrons. The third-order valence-electron chi connectivity index (χ3n) is 4.60. The molecular formula is C21H21F3N2O4. The molecule has 1 N–H and O–H groups in total. The van der Waals surface area contributed by atoms with Crippen molar-refractivity contribution in [1.29, 1.82) is 0 Å². The van der Waals surface area contributed by atoms with Gasteiger partial charge in [0, 0.05) is 13.1 Å². The molecule has 2 aromatic rings. The number of carbonyl (C=O) groups is 2. The molecule has 6 nitrogen and oxygen atoms in total. The third-order valence-corrected chi connectivity index (χ3v) is 4.60. The van der Waals surface area contributed by atoms with Crippen LogP contribution in [0.15, 0.2) is 48.5 Å². The molecule has 0 aromatic heterocycles. The van der Waals surface area contributed by atoms with Gasteiger partial charge in [0.25, 0.3) is 5.91 Å². The van der Waals surface area contributed by atoms with Crippen LogP contribution < -0.4 is 10.2 Å². The Labute approximate surface area is 171 Å². The molecule has 1 aliphatic rings. The van der Waals surface area contributed by atoms with Gasteiger partial charge < -0.3 is 19.7 Å². The van der Waals surface area contributed by atoms with Crippen LogP contribution in [0.4, 0.5) is 24.5 Å². The van der Waals surface area contributed by atoms with E-state index < -0.39 is 29.7 Å². The Hall–Kier alpha value is -3.07. The van der Waals surface area contributed by atoms with Gasteiger partial charge in [0.15, 0.2) is 6.10 Å². The molecule has 160 valence electrons. The summed E-state index contributed by atoms with van der Waals surface area (Å²) in [6.07, 6.45) is -5.77. The van der Waals surface area contributed by atoms with E-state index in [1.807, 2.05) is 4.90 Å².